The van der Waals surface area contributed by atoms with Crippen LogP contribution in [0.25, 0.3) is 0 Å². The fraction of sp³-hybridized carbons (Fsp3) is 0.500. The number of piperidine rings is 1. The zero-order chi connectivity index (χ0) is 23.3. The second kappa shape index (κ2) is 7.81. The molecule has 2 aromatic rings. The minimum atomic E-state index is -4.64. The Hall–Kier alpha value is -3.06. The molecular weight excluding hydrogens is 425 g/mol. The van der Waals surface area contributed by atoms with Crippen molar-refractivity contribution in [1.29, 1.82) is 5.26 Å². The van der Waals surface area contributed by atoms with Gasteiger partial charge in [0, 0.05) is 43.2 Å². The molecule has 10 heteroatoms. The Morgan fingerprint density at radius 2 is 2.12 bits per heavy atom. The van der Waals surface area contributed by atoms with E-state index in [-0.39, 0.29) is 18.4 Å². The number of halogens is 3. The average molecular weight is 448 g/mol. The molecule has 2 aliphatic heterocycles. The van der Waals surface area contributed by atoms with Crippen LogP contribution in [0.2, 0.25) is 0 Å². The molecule has 2 atom stereocenters. The van der Waals surface area contributed by atoms with Gasteiger partial charge in [-0.3, -0.25) is 4.79 Å². The van der Waals surface area contributed by atoms with Crippen molar-refractivity contribution < 1.29 is 27.6 Å². The van der Waals surface area contributed by atoms with Crippen LogP contribution in [-0.4, -0.2) is 53.9 Å². The van der Waals surface area contributed by atoms with Crippen LogP contribution in [0.3, 0.4) is 0 Å². The maximum Gasteiger partial charge on any atom is 0.417 e. The molecule has 0 saturated carbocycles. The molecule has 3 heterocycles. The van der Waals surface area contributed by atoms with Crippen molar-refractivity contribution in [3.8, 4) is 6.07 Å². The summed E-state index contributed by atoms with van der Waals surface area (Å²) in [5.74, 6) is 0.136. The van der Waals surface area contributed by atoms with Crippen molar-refractivity contribution in [2.24, 2.45) is 11.3 Å². The smallest absolute Gasteiger partial charge is 0.396 e. The van der Waals surface area contributed by atoms with Gasteiger partial charge < -0.3 is 19.4 Å². The number of amides is 1. The molecule has 4 rings (SSSR count). The Morgan fingerprint density at radius 3 is 2.72 bits per heavy atom. The second-order valence-electron chi connectivity index (χ2n) is 8.64. The van der Waals surface area contributed by atoms with Gasteiger partial charge in [-0.1, -0.05) is 5.16 Å². The lowest BCUT2D eigenvalue weighted by molar-refractivity contribution is -0.137. The first kappa shape index (κ1) is 22.1. The predicted octanol–water partition coefficient (Wildman–Crippen LogP) is 3.14. The molecule has 0 bridgehead atoms. The van der Waals surface area contributed by atoms with E-state index in [0.29, 0.717) is 55.3 Å². The Bertz CT molecular complexity index is 1070. The first-order chi connectivity index (χ1) is 15.1. The number of fused-ring (bicyclic) bond motifs is 1. The van der Waals surface area contributed by atoms with Crippen molar-refractivity contribution in [1.82, 2.24) is 10.1 Å². The fourth-order valence-corrected chi connectivity index (χ4v) is 4.93. The monoisotopic (exact) mass is 448 g/mol. The molecular formula is C22H23F3N4O3. The van der Waals surface area contributed by atoms with E-state index in [1.54, 1.807) is 29.7 Å². The van der Waals surface area contributed by atoms with Crippen LogP contribution >= 0.6 is 0 Å². The van der Waals surface area contributed by atoms with Crippen LogP contribution in [0.5, 0.6) is 0 Å². The molecule has 0 unspecified atom stereocenters. The quantitative estimate of drug-likeness (QED) is 0.776. The highest BCUT2D eigenvalue weighted by atomic mass is 19.4. The van der Waals surface area contributed by atoms with E-state index in [0.717, 1.165) is 6.07 Å². The van der Waals surface area contributed by atoms with Crippen molar-refractivity contribution >= 4 is 11.6 Å². The molecule has 7 nitrogen and oxygen atoms in total. The predicted molar refractivity (Wildman–Crippen MR) is 108 cm³/mol. The molecule has 2 fully saturated rings. The van der Waals surface area contributed by atoms with E-state index in [4.69, 9.17) is 9.78 Å². The molecule has 1 amide bonds. The number of carbonyl (C=O) groups is 1. The van der Waals surface area contributed by atoms with Gasteiger partial charge in [-0.15, -0.1) is 0 Å². The maximum absolute atomic E-state index is 13.4. The van der Waals surface area contributed by atoms with Crippen molar-refractivity contribution in [3.63, 3.8) is 0 Å². The number of hydrogen-bond donors (Lipinski definition) is 1. The number of carbonyl (C=O) groups excluding carboxylic acids is 1. The summed E-state index contributed by atoms with van der Waals surface area (Å²) < 4.78 is 45.3. The van der Waals surface area contributed by atoms with Gasteiger partial charge in [0.25, 0.3) is 5.91 Å². The van der Waals surface area contributed by atoms with Crippen LogP contribution in [0.4, 0.5) is 18.9 Å². The first-order valence-corrected chi connectivity index (χ1v) is 10.3. The Balaban J connectivity index is 1.59. The van der Waals surface area contributed by atoms with Crippen LogP contribution in [-0.2, 0) is 6.18 Å². The topological polar surface area (TPSA) is 93.6 Å². The number of aliphatic hydroxyl groups is 1. The summed E-state index contributed by atoms with van der Waals surface area (Å²) in [4.78, 5) is 16.6. The molecule has 0 radical (unpaired) electrons. The highest BCUT2D eigenvalue weighted by Crippen LogP contribution is 2.45. The van der Waals surface area contributed by atoms with Gasteiger partial charge in [0.1, 0.15) is 11.3 Å². The van der Waals surface area contributed by atoms with Crippen molar-refractivity contribution in [3.05, 3.63) is 46.3 Å². The number of aromatic nitrogens is 1. The lowest BCUT2D eigenvalue weighted by atomic mass is 9.73. The lowest BCUT2D eigenvalue weighted by Crippen LogP contribution is -2.50. The summed E-state index contributed by atoms with van der Waals surface area (Å²) in [5.41, 5.74) is -0.620. The third kappa shape index (κ3) is 3.60. The van der Waals surface area contributed by atoms with Crippen molar-refractivity contribution in [2.45, 2.75) is 26.4 Å². The number of rotatable bonds is 3. The molecule has 1 aromatic carbocycles. The Labute approximate surface area is 183 Å². The van der Waals surface area contributed by atoms with E-state index in [1.165, 1.54) is 12.1 Å². The van der Waals surface area contributed by atoms with E-state index >= 15 is 0 Å². The number of anilines is 1. The summed E-state index contributed by atoms with van der Waals surface area (Å²) in [5, 5.41) is 23.1. The number of aryl methyl sites for hydroxylation is 2. The normalized spacial score (nSPS) is 23.2. The molecule has 2 aliphatic rings. The molecule has 1 N–H and O–H groups in total. The number of hydrogen-bond acceptors (Lipinski definition) is 6. The second-order valence-corrected chi connectivity index (χ2v) is 8.64. The van der Waals surface area contributed by atoms with Gasteiger partial charge >= 0.3 is 6.18 Å². The third-order valence-electron chi connectivity index (χ3n) is 6.78. The molecule has 170 valence electrons. The Morgan fingerprint density at radius 1 is 1.38 bits per heavy atom. The molecule has 0 aliphatic carbocycles. The zero-order valence-corrected chi connectivity index (χ0v) is 17.7. The largest absolute Gasteiger partial charge is 0.417 e. The summed E-state index contributed by atoms with van der Waals surface area (Å²) in [6, 6.07) is 5.27. The zero-order valence-electron chi connectivity index (χ0n) is 17.7. The molecule has 0 spiro atoms. The van der Waals surface area contributed by atoms with Crippen LogP contribution in [0.15, 0.2) is 22.7 Å². The number of likely N-dealkylation sites (tertiary alicyclic amines) is 1. The fourth-order valence-electron chi connectivity index (χ4n) is 4.93. The minimum Gasteiger partial charge on any atom is -0.396 e. The van der Waals surface area contributed by atoms with Crippen LogP contribution < -0.4 is 4.90 Å². The first-order valence-electron chi connectivity index (χ1n) is 10.3. The molecule has 1 aromatic heterocycles. The van der Waals surface area contributed by atoms with Crippen molar-refractivity contribution in [2.75, 3.05) is 37.7 Å². The SMILES string of the molecule is Cc1noc(C)c1C(=O)N1CC[C@@]2(CO)CN(c3ccc(C#N)c(C(F)(F)F)c3)C[C@H]2C1. The van der Waals surface area contributed by atoms with E-state index in [9.17, 15) is 23.1 Å². The van der Waals surface area contributed by atoms with Crippen LogP contribution in [0.1, 0.15) is 39.4 Å². The number of benzene rings is 1. The van der Waals surface area contributed by atoms with Gasteiger partial charge in [0.15, 0.2) is 0 Å². The van der Waals surface area contributed by atoms with Gasteiger partial charge in [-0.25, -0.2) is 0 Å². The van der Waals surface area contributed by atoms with Gasteiger partial charge in [-0.05, 0) is 38.5 Å². The molecule has 2 saturated heterocycles. The van der Waals surface area contributed by atoms with Gasteiger partial charge in [0.2, 0.25) is 0 Å². The third-order valence-corrected chi connectivity index (χ3v) is 6.78. The number of aliphatic hydroxyl groups excluding tert-OH is 1. The summed E-state index contributed by atoms with van der Waals surface area (Å²) in [7, 11) is 0. The molecule has 32 heavy (non-hydrogen) atoms. The van der Waals surface area contributed by atoms with E-state index in [1.807, 2.05) is 0 Å². The average Bonchev–Trinajstić information content (AvgIpc) is 3.31. The standard InChI is InChI=1S/C22H23F3N4O3/c1-13-19(14(2)32-27-13)20(31)28-6-5-21(12-30)11-29(10-16(21)9-28)17-4-3-15(8-26)18(7-17)22(23,24)25/h3-4,7,16,30H,5-6,9-12H2,1-2H3/t16-,21+/m1/s1. The van der Waals surface area contributed by atoms with E-state index < -0.39 is 22.7 Å². The maximum atomic E-state index is 13.4. The number of nitrogens with zero attached hydrogens (tertiary/aromatic N) is 4. The number of alkyl halides is 3. The van der Waals surface area contributed by atoms with Gasteiger partial charge in [0.05, 0.1) is 29.5 Å². The Kier molecular flexibility index (Phi) is 5.41. The van der Waals surface area contributed by atoms with Crippen LogP contribution in [0, 0.1) is 36.5 Å². The highest BCUT2D eigenvalue weighted by molar-refractivity contribution is 5.96. The minimum absolute atomic E-state index is 0.115. The van der Waals surface area contributed by atoms with E-state index in [2.05, 4.69) is 5.16 Å². The highest BCUT2D eigenvalue weighted by Gasteiger charge is 2.50. The lowest BCUT2D eigenvalue weighted by Gasteiger charge is -2.42. The number of nitriles is 1. The summed E-state index contributed by atoms with van der Waals surface area (Å²) >= 11 is 0. The summed E-state index contributed by atoms with van der Waals surface area (Å²) in [6.07, 6.45) is -4.11. The summed E-state index contributed by atoms with van der Waals surface area (Å²) in [6.45, 7) is 4.84. The van der Waals surface area contributed by atoms with Gasteiger partial charge in [-0.2, -0.15) is 18.4 Å².